The van der Waals surface area contributed by atoms with E-state index in [-0.39, 0.29) is 11.1 Å². The molecule has 0 aromatic rings. The van der Waals surface area contributed by atoms with Crippen LogP contribution in [-0.4, -0.2) is 27.6 Å². The third-order valence-corrected chi connectivity index (χ3v) is 3.29. The van der Waals surface area contributed by atoms with Crippen molar-refractivity contribution in [2.45, 2.75) is 31.3 Å². The smallest absolute Gasteiger partial charge is 0.193 e. The number of hydrogen-bond acceptors (Lipinski definition) is 3. The molecule has 1 rings (SSSR count). The number of aliphatic hydroxyl groups is 1. The molecule has 0 heterocycles. The molecular formula is C8H16N4OS. The molecule has 0 amide bonds. The zero-order chi connectivity index (χ0) is 10.6. The number of amidine groups is 1. The van der Waals surface area contributed by atoms with E-state index in [1.165, 1.54) is 11.8 Å². The van der Waals surface area contributed by atoms with Crippen molar-refractivity contribution in [3.8, 4) is 0 Å². The summed E-state index contributed by atoms with van der Waals surface area (Å²) in [7, 11) is 0. The molecule has 0 atom stereocenters. The maximum atomic E-state index is 9.95. The molecule has 0 saturated heterocycles. The van der Waals surface area contributed by atoms with E-state index in [9.17, 15) is 5.11 Å². The Kier molecular flexibility index (Phi) is 3.77. The van der Waals surface area contributed by atoms with Gasteiger partial charge in [-0.3, -0.25) is 5.41 Å². The maximum absolute atomic E-state index is 9.95. The molecule has 0 spiro atoms. The van der Waals surface area contributed by atoms with Crippen molar-refractivity contribution < 1.29 is 5.11 Å². The quantitative estimate of drug-likeness (QED) is 0.391. The monoisotopic (exact) mass is 216 g/mol. The fourth-order valence-electron chi connectivity index (χ4n) is 1.53. The van der Waals surface area contributed by atoms with Crippen LogP contribution in [0.25, 0.3) is 0 Å². The summed E-state index contributed by atoms with van der Waals surface area (Å²) >= 11 is 1.19. The average molecular weight is 216 g/mol. The zero-order valence-corrected chi connectivity index (χ0v) is 8.81. The molecule has 6 N–H and O–H groups in total. The maximum Gasteiger partial charge on any atom is 0.193 e. The minimum Gasteiger partial charge on any atom is -0.389 e. The van der Waals surface area contributed by atoms with Crippen LogP contribution in [0.2, 0.25) is 0 Å². The van der Waals surface area contributed by atoms with Gasteiger partial charge in [0.1, 0.15) is 0 Å². The third kappa shape index (κ3) is 3.55. The van der Waals surface area contributed by atoms with Gasteiger partial charge in [0.2, 0.25) is 0 Å². The second-order valence-electron chi connectivity index (χ2n) is 3.56. The van der Waals surface area contributed by atoms with E-state index in [0.29, 0.717) is 5.75 Å². The second-order valence-corrected chi connectivity index (χ2v) is 4.53. The van der Waals surface area contributed by atoms with Gasteiger partial charge in [-0.2, -0.15) is 4.99 Å². The molecule has 0 bridgehead atoms. The molecule has 14 heavy (non-hydrogen) atoms. The van der Waals surface area contributed by atoms with Gasteiger partial charge >= 0.3 is 0 Å². The molecule has 0 aromatic heterocycles. The van der Waals surface area contributed by atoms with Gasteiger partial charge in [0, 0.05) is 5.75 Å². The Morgan fingerprint density at radius 2 is 2.00 bits per heavy atom. The number of nitrogens with zero attached hydrogens (tertiary/aromatic N) is 1. The minimum absolute atomic E-state index is 0.0605. The SMILES string of the molecule is N=C(N=C(N)N)SCC1(O)CCCC1. The summed E-state index contributed by atoms with van der Waals surface area (Å²) in [5.74, 6) is 0.392. The summed E-state index contributed by atoms with van der Waals surface area (Å²) in [6, 6.07) is 0. The van der Waals surface area contributed by atoms with Crippen molar-refractivity contribution >= 4 is 22.9 Å². The van der Waals surface area contributed by atoms with Crippen LogP contribution in [-0.2, 0) is 0 Å². The molecule has 0 aliphatic heterocycles. The Morgan fingerprint density at radius 1 is 1.43 bits per heavy atom. The highest BCUT2D eigenvalue weighted by molar-refractivity contribution is 8.13. The van der Waals surface area contributed by atoms with Gasteiger partial charge in [0.05, 0.1) is 5.60 Å². The first kappa shape index (κ1) is 11.3. The van der Waals surface area contributed by atoms with Crippen molar-refractivity contribution in [2.24, 2.45) is 16.5 Å². The van der Waals surface area contributed by atoms with E-state index in [0.717, 1.165) is 25.7 Å². The Bertz CT molecular complexity index is 244. The van der Waals surface area contributed by atoms with Crippen molar-refractivity contribution in [2.75, 3.05) is 5.75 Å². The number of nitrogens with one attached hydrogen (secondary N) is 1. The molecule has 0 radical (unpaired) electrons. The Labute approximate surface area is 87.5 Å². The van der Waals surface area contributed by atoms with Gasteiger partial charge in [-0.25, -0.2) is 0 Å². The van der Waals surface area contributed by atoms with E-state index < -0.39 is 5.60 Å². The Hall–Kier alpha value is -0.750. The molecular weight excluding hydrogens is 200 g/mol. The molecule has 1 saturated carbocycles. The Balaban J connectivity index is 2.33. The number of guanidine groups is 1. The molecule has 80 valence electrons. The van der Waals surface area contributed by atoms with E-state index in [2.05, 4.69) is 4.99 Å². The third-order valence-electron chi connectivity index (χ3n) is 2.24. The van der Waals surface area contributed by atoms with E-state index in [1.54, 1.807) is 0 Å². The largest absolute Gasteiger partial charge is 0.389 e. The summed E-state index contributed by atoms with van der Waals surface area (Å²) in [5, 5.41) is 17.4. The van der Waals surface area contributed by atoms with Gasteiger partial charge in [-0.1, -0.05) is 24.6 Å². The first-order valence-corrected chi connectivity index (χ1v) is 5.54. The fourth-order valence-corrected chi connectivity index (χ4v) is 2.39. The van der Waals surface area contributed by atoms with E-state index in [1.807, 2.05) is 0 Å². The lowest BCUT2D eigenvalue weighted by Gasteiger charge is -2.20. The predicted octanol–water partition coefficient (Wildman–Crippen LogP) is 0.233. The number of nitrogens with two attached hydrogens (primary N) is 2. The van der Waals surface area contributed by atoms with Crippen LogP contribution in [0.4, 0.5) is 0 Å². The lowest BCUT2D eigenvalue weighted by Crippen LogP contribution is -2.28. The summed E-state index contributed by atoms with van der Waals surface area (Å²) in [4.78, 5) is 3.58. The average Bonchev–Trinajstić information content (AvgIpc) is 2.49. The van der Waals surface area contributed by atoms with Gasteiger partial charge in [-0.15, -0.1) is 0 Å². The van der Waals surface area contributed by atoms with Crippen LogP contribution in [0, 0.1) is 5.41 Å². The predicted molar refractivity (Wildman–Crippen MR) is 59.4 cm³/mol. The van der Waals surface area contributed by atoms with Crippen LogP contribution in [0.1, 0.15) is 25.7 Å². The first-order chi connectivity index (χ1) is 6.52. The molecule has 5 nitrogen and oxygen atoms in total. The molecule has 6 heteroatoms. The highest BCUT2D eigenvalue weighted by atomic mass is 32.2. The van der Waals surface area contributed by atoms with Gasteiger partial charge in [0.15, 0.2) is 11.1 Å². The molecule has 0 aromatic carbocycles. The zero-order valence-electron chi connectivity index (χ0n) is 7.99. The summed E-state index contributed by atoms with van der Waals surface area (Å²) < 4.78 is 0. The van der Waals surface area contributed by atoms with E-state index >= 15 is 0 Å². The standard InChI is InChI=1S/C8H16N4OS/c9-6(10)12-7(11)14-5-8(13)3-1-2-4-8/h13H,1-5H2,(H5,9,10,11,12). The fraction of sp³-hybridized carbons (Fsp3) is 0.750. The van der Waals surface area contributed by atoms with Crippen LogP contribution in [0.3, 0.4) is 0 Å². The van der Waals surface area contributed by atoms with Crippen molar-refractivity contribution in [3.05, 3.63) is 0 Å². The van der Waals surface area contributed by atoms with Crippen molar-refractivity contribution in [3.63, 3.8) is 0 Å². The second kappa shape index (κ2) is 4.65. The summed E-state index contributed by atoms with van der Waals surface area (Å²) in [6.07, 6.45) is 3.75. The summed E-state index contributed by atoms with van der Waals surface area (Å²) in [6.45, 7) is 0. The number of aliphatic imine (C=N–C) groups is 1. The van der Waals surface area contributed by atoms with Crippen molar-refractivity contribution in [1.82, 2.24) is 0 Å². The number of hydrogen-bond donors (Lipinski definition) is 4. The number of thioether (sulfide) groups is 1. The van der Waals surface area contributed by atoms with E-state index in [4.69, 9.17) is 16.9 Å². The van der Waals surface area contributed by atoms with Crippen molar-refractivity contribution in [1.29, 1.82) is 5.41 Å². The molecule has 0 unspecified atom stereocenters. The topological polar surface area (TPSA) is 108 Å². The molecule has 1 aliphatic rings. The normalized spacial score (nSPS) is 19.2. The lowest BCUT2D eigenvalue weighted by atomic mass is 10.1. The molecule has 1 fully saturated rings. The first-order valence-electron chi connectivity index (χ1n) is 4.55. The number of rotatable bonds is 2. The lowest BCUT2D eigenvalue weighted by molar-refractivity contribution is 0.0734. The van der Waals surface area contributed by atoms with Gasteiger partial charge < -0.3 is 16.6 Å². The van der Waals surface area contributed by atoms with Crippen LogP contribution in [0.5, 0.6) is 0 Å². The highest BCUT2D eigenvalue weighted by Crippen LogP contribution is 2.32. The van der Waals surface area contributed by atoms with Gasteiger partial charge in [-0.05, 0) is 12.8 Å². The van der Waals surface area contributed by atoms with Crippen LogP contribution in [0.15, 0.2) is 4.99 Å². The Morgan fingerprint density at radius 3 is 2.50 bits per heavy atom. The van der Waals surface area contributed by atoms with Crippen LogP contribution < -0.4 is 11.5 Å². The highest BCUT2D eigenvalue weighted by Gasteiger charge is 2.31. The summed E-state index contributed by atoms with van der Waals surface area (Å²) in [5.41, 5.74) is 9.63. The molecule has 1 aliphatic carbocycles. The van der Waals surface area contributed by atoms with Gasteiger partial charge in [0.25, 0.3) is 0 Å². The van der Waals surface area contributed by atoms with Crippen LogP contribution >= 0.6 is 11.8 Å². The minimum atomic E-state index is -0.615.